The lowest BCUT2D eigenvalue weighted by molar-refractivity contribution is 0.103. The molecule has 0 amide bonds. The summed E-state index contributed by atoms with van der Waals surface area (Å²) >= 11 is 0. The van der Waals surface area contributed by atoms with Crippen LogP contribution in [-0.2, 0) is 0 Å². The summed E-state index contributed by atoms with van der Waals surface area (Å²) in [7, 11) is 0. The largest absolute Gasteiger partial charge is 0.309 e. The van der Waals surface area contributed by atoms with Crippen LogP contribution in [0, 0.1) is 0 Å². The molecule has 0 aliphatic carbocycles. The summed E-state index contributed by atoms with van der Waals surface area (Å²) in [6.45, 7) is 0. The van der Waals surface area contributed by atoms with Crippen LogP contribution in [0.2, 0.25) is 0 Å². The number of benzene rings is 10. The molecule has 0 N–H and O–H groups in total. The van der Waals surface area contributed by atoms with Crippen molar-refractivity contribution in [3.8, 4) is 55.9 Å². The predicted octanol–water partition coefficient (Wildman–Crippen LogP) is 15.8. The van der Waals surface area contributed by atoms with Gasteiger partial charge in [0.15, 0.2) is 5.78 Å². The minimum Gasteiger partial charge on any atom is -0.309 e. The zero-order valence-electron chi connectivity index (χ0n) is 34.9. The smallest absolute Gasteiger partial charge is 0.193 e. The highest BCUT2D eigenvalue weighted by Crippen LogP contribution is 2.39. The third-order valence-corrected chi connectivity index (χ3v) is 12.7. The maximum absolute atomic E-state index is 14.2. The molecule has 0 aliphatic rings. The van der Waals surface area contributed by atoms with E-state index in [1.807, 2.05) is 24.3 Å². The minimum atomic E-state index is -0.0115. The van der Waals surface area contributed by atoms with Gasteiger partial charge in [-0.05, 0) is 142 Å². The first-order valence-electron chi connectivity index (χ1n) is 21.8. The van der Waals surface area contributed by atoms with E-state index in [-0.39, 0.29) is 5.78 Å². The van der Waals surface area contributed by atoms with Crippen molar-refractivity contribution < 1.29 is 4.79 Å². The Morgan fingerprint density at radius 1 is 0.250 bits per heavy atom. The van der Waals surface area contributed by atoms with Gasteiger partial charge in [-0.15, -0.1) is 0 Å². The topological polar surface area (TPSA) is 26.9 Å². The average Bonchev–Trinajstić information content (AvgIpc) is 3.88. The third-order valence-electron chi connectivity index (χ3n) is 12.7. The molecule has 0 saturated carbocycles. The van der Waals surface area contributed by atoms with Gasteiger partial charge in [-0.25, -0.2) is 0 Å². The van der Waals surface area contributed by atoms with E-state index in [9.17, 15) is 4.79 Å². The van der Waals surface area contributed by atoms with Crippen LogP contribution in [0.1, 0.15) is 15.9 Å². The molecule has 12 rings (SSSR count). The number of ketones is 1. The molecule has 3 nitrogen and oxygen atoms in total. The Bertz CT molecular complexity index is 3240. The molecule has 300 valence electrons. The van der Waals surface area contributed by atoms with Gasteiger partial charge < -0.3 is 9.13 Å². The van der Waals surface area contributed by atoms with Crippen molar-refractivity contribution >= 4 is 49.4 Å². The van der Waals surface area contributed by atoms with E-state index in [2.05, 4.69) is 228 Å². The van der Waals surface area contributed by atoms with Gasteiger partial charge >= 0.3 is 0 Å². The first kappa shape index (κ1) is 37.2. The predicted molar refractivity (Wildman–Crippen MR) is 267 cm³/mol. The Labute approximate surface area is 371 Å². The summed E-state index contributed by atoms with van der Waals surface area (Å²) in [5.74, 6) is -0.0115. The van der Waals surface area contributed by atoms with Crippen LogP contribution >= 0.6 is 0 Å². The van der Waals surface area contributed by atoms with Gasteiger partial charge in [-0.3, -0.25) is 4.79 Å². The monoisotopic (exact) mass is 816 g/mol. The standard InChI is InChI=1S/C61H40N2O/c64-61(45-21-29-51(30-22-45)62-57-33-25-47(41-13-5-1-6-14-41)37-53(57)54-38-48(26-34-58(54)62)42-15-7-2-8-16-42)46-23-31-52(32-24-46)63-59-35-27-49(43-17-9-3-10-18-43)39-55(59)56-40-50(28-36-60(56)63)44-19-11-4-12-20-44/h1-40H. The van der Waals surface area contributed by atoms with Crippen LogP contribution in [0.3, 0.4) is 0 Å². The number of rotatable bonds is 8. The van der Waals surface area contributed by atoms with E-state index >= 15 is 0 Å². The number of hydrogen-bond acceptors (Lipinski definition) is 1. The van der Waals surface area contributed by atoms with E-state index in [4.69, 9.17) is 0 Å². The zero-order chi connectivity index (χ0) is 42.6. The SMILES string of the molecule is O=C(c1ccc(-n2c3ccc(-c4ccccc4)cc3c3cc(-c4ccccc4)ccc32)cc1)c1ccc(-n2c3ccc(-c4ccccc4)cc3c3cc(-c4ccccc4)ccc32)cc1. The number of carbonyl (C=O) groups excluding carboxylic acids is 1. The molecule has 0 fully saturated rings. The number of nitrogens with zero attached hydrogens (tertiary/aromatic N) is 2. The molecule has 0 radical (unpaired) electrons. The van der Waals surface area contributed by atoms with Crippen molar-refractivity contribution in [2.45, 2.75) is 0 Å². The number of fused-ring (bicyclic) bond motifs is 6. The summed E-state index contributed by atoms with van der Waals surface area (Å²) in [5.41, 5.74) is 17.2. The zero-order valence-corrected chi connectivity index (χ0v) is 34.9. The van der Waals surface area contributed by atoms with Crippen molar-refractivity contribution in [1.29, 1.82) is 0 Å². The second kappa shape index (κ2) is 15.4. The van der Waals surface area contributed by atoms with Crippen LogP contribution in [-0.4, -0.2) is 14.9 Å². The second-order valence-corrected chi connectivity index (χ2v) is 16.5. The first-order chi connectivity index (χ1) is 31.6. The van der Waals surface area contributed by atoms with Crippen LogP contribution in [0.4, 0.5) is 0 Å². The van der Waals surface area contributed by atoms with Crippen LogP contribution in [0.5, 0.6) is 0 Å². The molecule has 10 aromatic carbocycles. The van der Waals surface area contributed by atoms with Crippen molar-refractivity contribution in [3.63, 3.8) is 0 Å². The van der Waals surface area contributed by atoms with E-state index in [0.717, 1.165) is 33.4 Å². The molecule has 2 heterocycles. The fourth-order valence-electron chi connectivity index (χ4n) is 9.53. The number of hydrogen-bond donors (Lipinski definition) is 0. The first-order valence-corrected chi connectivity index (χ1v) is 21.8. The normalized spacial score (nSPS) is 11.5. The van der Waals surface area contributed by atoms with Gasteiger partial charge in [-0.1, -0.05) is 146 Å². The molecule has 64 heavy (non-hydrogen) atoms. The average molecular weight is 817 g/mol. The molecule has 0 saturated heterocycles. The fourth-order valence-corrected chi connectivity index (χ4v) is 9.53. The lowest BCUT2D eigenvalue weighted by Crippen LogP contribution is -2.03. The van der Waals surface area contributed by atoms with Crippen molar-refractivity contribution in [2.75, 3.05) is 0 Å². The summed E-state index contributed by atoms with van der Waals surface area (Å²) < 4.78 is 4.63. The highest BCUT2D eigenvalue weighted by molar-refractivity contribution is 6.13. The highest BCUT2D eigenvalue weighted by Gasteiger charge is 2.18. The Morgan fingerprint density at radius 3 is 0.750 bits per heavy atom. The second-order valence-electron chi connectivity index (χ2n) is 16.5. The van der Waals surface area contributed by atoms with E-state index in [1.165, 1.54) is 66.1 Å². The summed E-state index contributed by atoms with van der Waals surface area (Å²) in [6.07, 6.45) is 0. The van der Waals surface area contributed by atoms with Gasteiger partial charge in [0.25, 0.3) is 0 Å². The minimum absolute atomic E-state index is 0.0115. The van der Waals surface area contributed by atoms with Gasteiger partial charge in [0, 0.05) is 44.0 Å². The Hall–Kier alpha value is -8.53. The fraction of sp³-hybridized carbons (Fsp3) is 0. The van der Waals surface area contributed by atoms with Gasteiger partial charge in [0.2, 0.25) is 0 Å². The van der Waals surface area contributed by atoms with Gasteiger partial charge in [-0.2, -0.15) is 0 Å². The van der Waals surface area contributed by atoms with Crippen LogP contribution < -0.4 is 0 Å². The lowest BCUT2D eigenvalue weighted by Gasteiger charge is -2.11. The molecule has 0 aliphatic heterocycles. The molecule has 2 aromatic heterocycles. The van der Waals surface area contributed by atoms with Crippen molar-refractivity contribution in [2.24, 2.45) is 0 Å². The van der Waals surface area contributed by atoms with E-state index in [1.54, 1.807) is 0 Å². The third kappa shape index (κ3) is 6.42. The number of carbonyl (C=O) groups is 1. The Kier molecular flexibility index (Phi) is 8.98. The molecular formula is C61H40N2O. The van der Waals surface area contributed by atoms with Gasteiger partial charge in [0.1, 0.15) is 0 Å². The molecule has 0 bridgehead atoms. The molecule has 0 spiro atoms. The maximum atomic E-state index is 14.2. The number of aromatic nitrogens is 2. The van der Waals surface area contributed by atoms with Crippen LogP contribution in [0.15, 0.2) is 243 Å². The molecule has 3 heteroatoms. The van der Waals surface area contributed by atoms with Gasteiger partial charge in [0.05, 0.1) is 22.1 Å². The van der Waals surface area contributed by atoms with E-state index < -0.39 is 0 Å². The Balaban J connectivity index is 0.899. The highest BCUT2D eigenvalue weighted by atomic mass is 16.1. The summed E-state index contributed by atoms with van der Waals surface area (Å²) in [5, 5.41) is 4.74. The quantitative estimate of drug-likeness (QED) is 0.140. The molecular weight excluding hydrogens is 777 g/mol. The molecule has 0 atom stereocenters. The Morgan fingerprint density at radius 2 is 0.500 bits per heavy atom. The lowest BCUT2D eigenvalue weighted by atomic mass is 10.0. The summed E-state index contributed by atoms with van der Waals surface area (Å²) in [4.78, 5) is 14.2. The van der Waals surface area contributed by atoms with Crippen LogP contribution in [0.25, 0.3) is 99.5 Å². The molecule has 12 aromatic rings. The van der Waals surface area contributed by atoms with Crippen molar-refractivity contribution in [1.82, 2.24) is 9.13 Å². The summed E-state index contributed by atoms with van der Waals surface area (Å²) in [6, 6.07) is 85.2. The molecule has 0 unspecified atom stereocenters. The van der Waals surface area contributed by atoms with E-state index in [0.29, 0.717) is 11.1 Å². The van der Waals surface area contributed by atoms with Crippen molar-refractivity contribution in [3.05, 3.63) is 254 Å². The maximum Gasteiger partial charge on any atom is 0.193 e.